The van der Waals surface area contributed by atoms with Gasteiger partial charge in [-0.1, -0.05) is 0 Å². The molecule has 0 unspecified atom stereocenters. The van der Waals surface area contributed by atoms with Crippen molar-refractivity contribution >= 4 is 23.8 Å². The Balaban J connectivity index is 0.000000280. The molecule has 0 aromatic rings. The summed E-state index contributed by atoms with van der Waals surface area (Å²) < 4.78 is 4.40. The van der Waals surface area contributed by atoms with Gasteiger partial charge in [0.05, 0.1) is 6.54 Å². The van der Waals surface area contributed by atoms with Crippen LogP contribution in [-0.2, 0) is 9.53 Å². The molecule has 0 saturated carbocycles. The number of carbonyl (C=O) groups is 2. The van der Waals surface area contributed by atoms with E-state index in [-0.39, 0.29) is 6.09 Å². The summed E-state index contributed by atoms with van der Waals surface area (Å²) in [5.41, 5.74) is 5.19. The van der Waals surface area contributed by atoms with Crippen LogP contribution in [0.25, 0.3) is 0 Å². The number of carboxylic acids is 1. The van der Waals surface area contributed by atoms with E-state index in [0.29, 0.717) is 19.6 Å². The fourth-order valence-corrected chi connectivity index (χ4v) is 1.21. The molecule has 0 bridgehead atoms. The van der Waals surface area contributed by atoms with Crippen LogP contribution in [0.3, 0.4) is 0 Å². The average Bonchev–Trinajstić information content (AvgIpc) is 2.66. The molecule has 1 amide bonds. The van der Waals surface area contributed by atoms with Gasteiger partial charge in [0.1, 0.15) is 12.6 Å². The number of aliphatic carboxylic acids is 1. The second-order valence-electron chi connectivity index (χ2n) is 2.79. The molecule has 7 heteroatoms. The molecule has 0 radical (unpaired) electrons. The highest BCUT2D eigenvalue weighted by molar-refractivity contribution is 7.98. The van der Waals surface area contributed by atoms with Crippen molar-refractivity contribution in [1.29, 1.82) is 0 Å². The maximum Gasteiger partial charge on any atom is 0.407 e. The van der Waals surface area contributed by atoms with E-state index in [1.165, 1.54) is 0 Å². The second kappa shape index (κ2) is 8.37. The summed E-state index contributed by atoms with van der Waals surface area (Å²) in [6.07, 6.45) is 2.18. The minimum atomic E-state index is -0.913. The summed E-state index contributed by atoms with van der Waals surface area (Å²) in [5, 5.41) is 10.7. The van der Waals surface area contributed by atoms with E-state index >= 15 is 0 Å². The number of amides is 1. The second-order valence-corrected chi connectivity index (χ2v) is 3.77. The lowest BCUT2D eigenvalue weighted by Crippen LogP contribution is -2.30. The van der Waals surface area contributed by atoms with Gasteiger partial charge in [-0.05, 0) is 18.4 Å². The van der Waals surface area contributed by atoms with Crippen LogP contribution >= 0.6 is 11.8 Å². The van der Waals surface area contributed by atoms with Crippen LogP contribution in [0.1, 0.15) is 6.42 Å². The fourth-order valence-electron chi connectivity index (χ4n) is 0.716. The van der Waals surface area contributed by atoms with Crippen LogP contribution in [0, 0.1) is 0 Å². The van der Waals surface area contributed by atoms with Crippen molar-refractivity contribution < 1.29 is 19.4 Å². The van der Waals surface area contributed by atoms with Crippen LogP contribution < -0.4 is 11.1 Å². The van der Waals surface area contributed by atoms with E-state index < -0.39 is 12.0 Å². The Labute approximate surface area is 92.5 Å². The molecular weight excluding hydrogens is 220 g/mol. The van der Waals surface area contributed by atoms with Gasteiger partial charge in [-0.3, -0.25) is 4.79 Å². The summed E-state index contributed by atoms with van der Waals surface area (Å²) in [4.78, 5) is 20.0. The largest absolute Gasteiger partial charge is 0.480 e. The number of nitrogens with two attached hydrogens (primary N) is 1. The molecule has 1 heterocycles. The Bertz CT molecular complexity index is 205. The average molecular weight is 236 g/mol. The van der Waals surface area contributed by atoms with Crippen LogP contribution in [-0.4, -0.2) is 48.4 Å². The topological polar surface area (TPSA) is 102 Å². The lowest BCUT2D eigenvalue weighted by molar-refractivity contribution is -0.138. The Morgan fingerprint density at radius 3 is 2.73 bits per heavy atom. The lowest BCUT2D eigenvalue weighted by Gasteiger charge is -2.02. The van der Waals surface area contributed by atoms with Crippen LogP contribution in [0.5, 0.6) is 0 Å². The molecule has 1 saturated heterocycles. The van der Waals surface area contributed by atoms with E-state index in [1.807, 2.05) is 6.26 Å². The zero-order valence-electron chi connectivity index (χ0n) is 8.56. The Hall–Kier alpha value is -0.950. The minimum Gasteiger partial charge on any atom is -0.480 e. The zero-order valence-corrected chi connectivity index (χ0v) is 9.38. The fraction of sp³-hybridized carbons (Fsp3) is 0.750. The molecule has 6 nitrogen and oxygen atoms in total. The molecule has 4 N–H and O–H groups in total. The molecule has 1 rings (SSSR count). The molecule has 0 spiro atoms. The van der Waals surface area contributed by atoms with E-state index in [4.69, 9.17) is 10.8 Å². The summed E-state index contributed by atoms with van der Waals surface area (Å²) in [5.74, 6) is -0.1000. The number of thioether (sulfide) groups is 1. The molecular formula is C8H16N2O4S. The number of nitrogens with one attached hydrogen (secondary N) is 1. The molecule has 1 atom stereocenters. The van der Waals surface area contributed by atoms with Gasteiger partial charge in [-0.2, -0.15) is 11.8 Å². The summed E-state index contributed by atoms with van der Waals surface area (Å²) >= 11 is 1.60. The van der Waals surface area contributed by atoms with Crippen molar-refractivity contribution in [2.24, 2.45) is 5.73 Å². The molecule has 15 heavy (non-hydrogen) atoms. The monoisotopic (exact) mass is 236 g/mol. The number of cyclic esters (lactones) is 1. The number of rotatable bonds is 4. The third-order valence-corrected chi connectivity index (χ3v) is 2.20. The van der Waals surface area contributed by atoms with Gasteiger partial charge in [0.2, 0.25) is 0 Å². The van der Waals surface area contributed by atoms with E-state index in [2.05, 4.69) is 10.1 Å². The molecule has 1 aliphatic rings. The van der Waals surface area contributed by atoms with Crippen molar-refractivity contribution in [3.63, 3.8) is 0 Å². The van der Waals surface area contributed by atoms with Crippen molar-refractivity contribution in [2.75, 3.05) is 25.2 Å². The number of carbonyl (C=O) groups excluding carboxylic acids is 1. The van der Waals surface area contributed by atoms with Crippen molar-refractivity contribution in [2.45, 2.75) is 12.5 Å². The van der Waals surface area contributed by atoms with E-state index in [0.717, 1.165) is 5.75 Å². The van der Waals surface area contributed by atoms with Crippen LogP contribution in [0.15, 0.2) is 0 Å². The summed E-state index contributed by atoms with van der Waals surface area (Å²) in [6.45, 7) is 1.19. The Morgan fingerprint density at radius 2 is 2.47 bits per heavy atom. The van der Waals surface area contributed by atoms with Gasteiger partial charge in [-0.25, -0.2) is 4.79 Å². The number of alkyl carbamates (subject to hydrolysis) is 1. The van der Waals surface area contributed by atoms with Crippen LogP contribution in [0.2, 0.25) is 0 Å². The van der Waals surface area contributed by atoms with Crippen molar-refractivity contribution in [3.05, 3.63) is 0 Å². The summed E-state index contributed by atoms with van der Waals surface area (Å²) in [6, 6.07) is -0.683. The first-order valence-corrected chi connectivity index (χ1v) is 5.85. The number of hydrogen-bond donors (Lipinski definition) is 3. The molecule has 88 valence electrons. The normalized spacial score (nSPS) is 15.7. The third kappa shape index (κ3) is 8.07. The van der Waals surface area contributed by atoms with Gasteiger partial charge < -0.3 is 20.9 Å². The lowest BCUT2D eigenvalue weighted by atomic mass is 10.2. The Kier molecular flexibility index (Phi) is 7.84. The highest BCUT2D eigenvalue weighted by Crippen LogP contribution is 1.97. The number of carboxylic acid groups (broad SMARTS) is 1. The number of hydrogen-bond acceptors (Lipinski definition) is 5. The first kappa shape index (κ1) is 14.1. The SMILES string of the molecule is CSCC[C@H](N)C(=O)O.O=C1NCCO1. The third-order valence-electron chi connectivity index (χ3n) is 1.55. The van der Waals surface area contributed by atoms with Gasteiger partial charge in [-0.15, -0.1) is 0 Å². The summed E-state index contributed by atoms with van der Waals surface area (Å²) in [7, 11) is 0. The van der Waals surface area contributed by atoms with Gasteiger partial charge in [0, 0.05) is 0 Å². The zero-order chi connectivity index (χ0) is 11.7. The molecule has 1 fully saturated rings. The van der Waals surface area contributed by atoms with E-state index in [1.54, 1.807) is 11.8 Å². The molecule has 0 aliphatic carbocycles. The highest BCUT2D eigenvalue weighted by atomic mass is 32.2. The standard InChI is InChI=1S/C5H11NO2S.C3H5NO2/c1-9-3-2-4(6)5(7)8;5-3-4-1-2-6-3/h4H,2-3,6H2,1H3,(H,7,8);1-2H2,(H,4,5)/t4-;/m0./s1. The van der Waals surface area contributed by atoms with Gasteiger partial charge >= 0.3 is 12.1 Å². The number of ether oxygens (including phenoxy) is 1. The minimum absolute atomic E-state index is 0.296. The first-order chi connectivity index (χ1) is 7.07. The molecule has 1 aliphatic heterocycles. The quantitative estimate of drug-likeness (QED) is 0.629. The maximum absolute atomic E-state index is 10.1. The molecule has 0 aromatic carbocycles. The highest BCUT2D eigenvalue weighted by Gasteiger charge is 2.09. The first-order valence-electron chi connectivity index (χ1n) is 4.46. The van der Waals surface area contributed by atoms with Crippen LogP contribution in [0.4, 0.5) is 4.79 Å². The van der Waals surface area contributed by atoms with Gasteiger partial charge in [0.15, 0.2) is 0 Å². The smallest absolute Gasteiger partial charge is 0.407 e. The van der Waals surface area contributed by atoms with Gasteiger partial charge in [0.25, 0.3) is 0 Å². The maximum atomic E-state index is 10.1. The van der Waals surface area contributed by atoms with Crippen molar-refractivity contribution in [1.82, 2.24) is 5.32 Å². The molecule has 0 aromatic heterocycles. The Morgan fingerprint density at radius 1 is 1.80 bits per heavy atom. The predicted octanol–water partition coefficient (Wildman–Crippen LogP) is -0.122. The van der Waals surface area contributed by atoms with E-state index in [9.17, 15) is 9.59 Å². The predicted molar refractivity (Wildman–Crippen MR) is 58.0 cm³/mol. The van der Waals surface area contributed by atoms with Crippen molar-refractivity contribution in [3.8, 4) is 0 Å².